The number of pyridine rings is 1. The monoisotopic (exact) mass is 293 g/mol. The van der Waals surface area contributed by atoms with E-state index in [1.165, 1.54) is 5.56 Å². The molecule has 3 nitrogen and oxygen atoms in total. The quantitative estimate of drug-likeness (QED) is 0.751. The average molecular weight is 293 g/mol. The Kier molecular flexibility index (Phi) is 3.72. The number of benzene rings is 2. The minimum atomic E-state index is 0.0157. The highest BCUT2D eigenvalue weighted by atomic mass is 16.3. The fourth-order valence-corrected chi connectivity index (χ4v) is 2.60. The van der Waals surface area contributed by atoms with Gasteiger partial charge in [-0.25, -0.2) is 0 Å². The Balaban J connectivity index is 2.13. The van der Waals surface area contributed by atoms with Crippen molar-refractivity contribution in [3.05, 3.63) is 64.3 Å². The summed E-state index contributed by atoms with van der Waals surface area (Å²) < 4.78 is 0. The molecule has 2 N–H and O–H groups in total. The van der Waals surface area contributed by atoms with Gasteiger partial charge in [0.05, 0.1) is 0 Å². The second kappa shape index (κ2) is 5.68. The van der Waals surface area contributed by atoms with Gasteiger partial charge < -0.3 is 10.1 Å². The molecule has 1 heterocycles. The van der Waals surface area contributed by atoms with Crippen LogP contribution >= 0.6 is 0 Å². The largest absolute Gasteiger partial charge is 0.508 e. The van der Waals surface area contributed by atoms with Crippen LogP contribution in [0.1, 0.15) is 31.7 Å². The molecule has 0 bridgehead atoms. The maximum Gasteiger partial charge on any atom is 0.190 e. The van der Waals surface area contributed by atoms with Crippen molar-refractivity contribution in [2.75, 3.05) is 0 Å². The summed E-state index contributed by atoms with van der Waals surface area (Å²) >= 11 is 0. The highest BCUT2D eigenvalue weighted by Gasteiger charge is 2.08. The molecule has 3 heteroatoms. The molecule has 0 amide bonds. The van der Waals surface area contributed by atoms with Crippen molar-refractivity contribution >= 4 is 10.9 Å². The summed E-state index contributed by atoms with van der Waals surface area (Å²) in [6.07, 6.45) is 1.05. The molecular weight excluding hydrogens is 274 g/mol. The molecule has 3 rings (SSSR count). The van der Waals surface area contributed by atoms with Crippen LogP contribution in [0.3, 0.4) is 0 Å². The number of aromatic hydroxyl groups is 1. The summed E-state index contributed by atoms with van der Waals surface area (Å²) in [5.41, 5.74) is 3.68. The van der Waals surface area contributed by atoms with Crippen LogP contribution < -0.4 is 5.43 Å². The summed E-state index contributed by atoms with van der Waals surface area (Å²) in [7, 11) is 0. The van der Waals surface area contributed by atoms with Gasteiger partial charge in [0.15, 0.2) is 5.43 Å². The van der Waals surface area contributed by atoms with Gasteiger partial charge in [-0.15, -0.1) is 0 Å². The summed E-state index contributed by atoms with van der Waals surface area (Å²) in [6, 6.07) is 14.5. The summed E-state index contributed by atoms with van der Waals surface area (Å²) in [5.74, 6) is 0.658. The van der Waals surface area contributed by atoms with Gasteiger partial charge >= 0.3 is 0 Å². The van der Waals surface area contributed by atoms with E-state index in [-0.39, 0.29) is 11.2 Å². The van der Waals surface area contributed by atoms with Crippen LogP contribution in [0, 0.1) is 0 Å². The third kappa shape index (κ3) is 2.62. The lowest BCUT2D eigenvalue weighted by Crippen LogP contribution is -2.04. The summed E-state index contributed by atoms with van der Waals surface area (Å²) in [4.78, 5) is 15.7. The summed E-state index contributed by atoms with van der Waals surface area (Å²) in [5, 5.41) is 10.1. The molecular formula is C19H19NO2. The number of hydrogen-bond acceptors (Lipinski definition) is 2. The molecule has 3 aromatic rings. The number of hydrogen-bond donors (Lipinski definition) is 2. The predicted octanol–water partition coefficient (Wildman–Crippen LogP) is 4.41. The lowest BCUT2D eigenvalue weighted by Gasteiger charge is -2.11. The van der Waals surface area contributed by atoms with Gasteiger partial charge in [-0.1, -0.05) is 19.9 Å². The highest BCUT2D eigenvalue weighted by Crippen LogP contribution is 2.24. The fourth-order valence-electron chi connectivity index (χ4n) is 2.60. The van der Waals surface area contributed by atoms with Crippen molar-refractivity contribution < 1.29 is 5.11 Å². The van der Waals surface area contributed by atoms with E-state index in [1.807, 2.05) is 12.1 Å². The van der Waals surface area contributed by atoms with Crippen molar-refractivity contribution in [2.45, 2.75) is 26.2 Å². The lowest BCUT2D eigenvalue weighted by atomic mass is 9.97. The Hall–Kier alpha value is -2.55. The Morgan fingerprint density at radius 2 is 1.82 bits per heavy atom. The number of phenols is 1. The third-order valence-electron chi connectivity index (χ3n) is 4.21. The molecule has 0 radical (unpaired) electrons. The zero-order valence-corrected chi connectivity index (χ0v) is 12.8. The standard InChI is InChI=1S/C19H19NO2/c1-3-12(2)14-6-9-17-16(10-14)19(22)11-18(20-17)13-4-7-15(21)8-5-13/h4-12,21H,3H2,1-2H3,(H,20,22). The Morgan fingerprint density at radius 3 is 2.50 bits per heavy atom. The molecule has 22 heavy (non-hydrogen) atoms. The predicted molar refractivity (Wildman–Crippen MR) is 90.4 cm³/mol. The molecule has 0 aliphatic rings. The Labute approximate surface area is 129 Å². The second-order valence-electron chi connectivity index (χ2n) is 5.71. The molecule has 1 atom stereocenters. The van der Waals surface area contributed by atoms with E-state index in [0.717, 1.165) is 28.6 Å². The normalized spacial score (nSPS) is 12.5. The number of nitrogens with one attached hydrogen (secondary N) is 1. The van der Waals surface area contributed by atoms with Crippen molar-refractivity contribution in [1.82, 2.24) is 4.98 Å². The minimum absolute atomic E-state index is 0.0157. The van der Waals surface area contributed by atoms with Crippen LogP contribution in [-0.4, -0.2) is 10.1 Å². The van der Waals surface area contributed by atoms with Gasteiger partial charge in [0.1, 0.15) is 5.75 Å². The van der Waals surface area contributed by atoms with E-state index in [1.54, 1.807) is 30.3 Å². The van der Waals surface area contributed by atoms with Gasteiger partial charge in [0, 0.05) is 22.7 Å². The maximum absolute atomic E-state index is 12.4. The first-order chi connectivity index (χ1) is 10.6. The lowest BCUT2D eigenvalue weighted by molar-refractivity contribution is 0.475. The molecule has 0 spiro atoms. The molecule has 0 saturated carbocycles. The van der Waals surface area contributed by atoms with E-state index in [9.17, 15) is 9.90 Å². The molecule has 0 fully saturated rings. The van der Waals surface area contributed by atoms with Gasteiger partial charge in [0.25, 0.3) is 0 Å². The third-order valence-corrected chi connectivity index (χ3v) is 4.21. The van der Waals surface area contributed by atoms with Gasteiger partial charge in [-0.05, 0) is 59.9 Å². The van der Waals surface area contributed by atoms with E-state index in [2.05, 4.69) is 24.9 Å². The number of aromatic nitrogens is 1. The average Bonchev–Trinajstić information content (AvgIpc) is 2.54. The van der Waals surface area contributed by atoms with Crippen molar-refractivity contribution in [3.63, 3.8) is 0 Å². The second-order valence-corrected chi connectivity index (χ2v) is 5.71. The van der Waals surface area contributed by atoms with Gasteiger partial charge in [-0.2, -0.15) is 0 Å². The van der Waals surface area contributed by atoms with Crippen LogP contribution in [0.2, 0.25) is 0 Å². The van der Waals surface area contributed by atoms with Crippen LogP contribution in [0.5, 0.6) is 5.75 Å². The molecule has 0 aliphatic heterocycles. The zero-order chi connectivity index (χ0) is 15.7. The Bertz CT molecular complexity index is 863. The van der Waals surface area contributed by atoms with Gasteiger partial charge in [0.2, 0.25) is 0 Å². The van der Waals surface area contributed by atoms with E-state index < -0.39 is 0 Å². The van der Waals surface area contributed by atoms with Crippen LogP contribution in [-0.2, 0) is 0 Å². The molecule has 1 unspecified atom stereocenters. The topological polar surface area (TPSA) is 53.1 Å². The molecule has 1 aromatic heterocycles. The SMILES string of the molecule is CCC(C)c1ccc2[nH]c(-c3ccc(O)cc3)cc(=O)c2c1. The van der Waals surface area contributed by atoms with E-state index in [4.69, 9.17) is 0 Å². The Morgan fingerprint density at radius 1 is 1.09 bits per heavy atom. The highest BCUT2D eigenvalue weighted by molar-refractivity contribution is 5.82. The maximum atomic E-state index is 12.4. The summed E-state index contributed by atoms with van der Waals surface area (Å²) in [6.45, 7) is 4.31. The first-order valence-corrected chi connectivity index (χ1v) is 7.55. The van der Waals surface area contributed by atoms with Crippen LogP contribution in [0.15, 0.2) is 53.3 Å². The van der Waals surface area contributed by atoms with Crippen molar-refractivity contribution in [3.8, 4) is 17.0 Å². The number of H-pyrrole nitrogens is 1. The smallest absolute Gasteiger partial charge is 0.190 e. The van der Waals surface area contributed by atoms with Crippen molar-refractivity contribution in [2.24, 2.45) is 0 Å². The fraction of sp³-hybridized carbons (Fsp3) is 0.211. The van der Waals surface area contributed by atoms with Crippen molar-refractivity contribution in [1.29, 1.82) is 0 Å². The first kappa shape index (κ1) is 14.4. The first-order valence-electron chi connectivity index (χ1n) is 7.55. The molecule has 112 valence electrons. The molecule has 0 saturated heterocycles. The van der Waals surface area contributed by atoms with E-state index >= 15 is 0 Å². The zero-order valence-electron chi connectivity index (χ0n) is 12.8. The number of rotatable bonds is 3. The van der Waals surface area contributed by atoms with Crippen LogP contribution in [0.25, 0.3) is 22.2 Å². The van der Waals surface area contributed by atoms with Crippen LogP contribution in [0.4, 0.5) is 0 Å². The van der Waals surface area contributed by atoms with E-state index in [0.29, 0.717) is 5.92 Å². The number of aromatic amines is 1. The molecule has 2 aromatic carbocycles. The molecule has 0 aliphatic carbocycles. The minimum Gasteiger partial charge on any atom is -0.508 e. The number of phenolic OH excluding ortho intramolecular Hbond substituents is 1. The van der Waals surface area contributed by atoms with Gasteiger partial charge in [-0.3, -0.25) is 4.79 Å². The number of fused-ring (bicyclic) bond motifs is 1.